The summed E-state index contributed by atoms with van der Waals surface area (Å²) in [4.78, 5) is 12.2. The van der Waals surface area contributed by atoms with Crippen molar-refractivity contribution in [3.63, 3.8) is 0 Å². The third-order valence-corrected chi connectivity index (χ3v) is 5.20. The highest BCUT2D eigenvalue weighted by Crippen LogP contribution is 2.24. The van der Waals surface area contributed by atoms with Crippen LogP contribution in [0.25, 0.3) is 5.69 Å². The van der Waals surface area contributed by atoms with Crippen LogP contribution in [0.1, 0.15) is 32.6 Å². The van der Waals surface area contributed by atoms with Crippen LogP contribution in [0.15, 0.2) is 29.4 Å². The molecule has 1 fully saturated rings. The molecule has 1 aliphatic rings. The van der Waals surface area contributed by atoms with Gasteiger partial charge in [-0.1, -0.05) is 37.6 Å². The number of tetrazole rings is 1. The van der Waals surface area contributed by atoms with Crippen LogP contribution < -0.4 is 5.32 Å². The molecule has 128 valence electrons. The van der Waals surface area contributed by atoms with Crippen molar-refractivity contribution in [1.29, 1.82) is 0 Å². The van der Waals surface area contributed by atoms with E-state index < -0.39 is 0 Å². The molecule has 1 heterocycles. The minimum Gasteiger partial charge on any atom is -0.352 e. The minimum atomic E-state index is -0.358. The van der Waals surface area contributed by atoms with Crippen molar-refractivity contribution in [2.45, 2.75) is 43.8 Å². The predicted molar refractivity (Wildman–Crippen MR) is 89.4 cm³/mol. The Bertz CT molecular complexity index is 707. The Morgan fingerprint density at radius 1 is 1.42 bits per heavy atom. The van der Waals surface area contributed by atoms with E-state index in [1.807, 2.05) is 0 Å². The maximum absolute atomic E-state index is 13.3. The van der Waals surface area contributed by atoms with Crippen LogP contribution in [0.5, 0.6) is 0 Å². The van der Waals surface area contributed by atoms with E-state index in [1.165, 1.54) is 41.4 Å². The van der Waals surface area contributed by atoms with Gasteiger partial charge in [0.1, 0.15) is 5.82 Å². The van der Waals surface area contributed by atoms with Gasteiger partial charge in [-0.15, -0.1) is 5.10 Å². The first-order chi connectivity index (χ1) is 11.6. The Kier molecular flexibility index (Phi) is 5.44. The van der Waals surface area contributed by atoms with E-state index in [0.29, 0.717) is 16.8 Å². The number of aromatic nitrogens is 4. The Morgan fingerprint density at radius 2 is 2.25 bits per heavy atom. The van der Waals surface area contributed by atoms with Crippen LogP contribution in [0, 0.1) is 11.7 Å². The molecule has 1 N–H and O–H groups in total. The largest absolute Gasteiger partial charge is 0.352 e. The molecular weight excluding hydrogens is 329 g/mol. The first kappa shape index (κ1) is 16.9. The molecule has 0 aliphatic heterocycles. The van der Waals surface area contributed by atoms with Crippen LogP contribution in [-0.2, 0) is 4.79 Å². The van der Waals surface area contributed by atoms with Gasteiger partial charge in [0.25, 0.3) is 0 Å². The van der Waals surface area contributed by atoms with Crippen LogP contribution in [-0.4, -0.2) is 37.9 Å². The molecule has 0 radical (unpaired) electrons. The third kappa shape index (κ3) is 4.11. The van der Waals surface area contributed by atoms with Gasteiger partial charge in [0.2, 0.25) is 11.1 Å². The quantitative estimate of drug-likeness (QED) is 0.840. The zero-order valence-electron chi connectivity index (χ0n) is 13.5. The van der Waals surface area contributed by atoms with E-state index in [9.17, 15) is 9.18 Å². The van der Waals surface area contributed by atoms with E-state index in [2.05, 4.69) is 27.8 Å². The number of carbonyl (C=O) groups excluding carboxylic acids is 1. The minimum absolute atomic E-state index is 0.0208. The van der Waals surface area contributed by atoms with Crippen LogP contribution in [0.3, 0.4) is 0 Å². The maximum atomic E-state index is 13.3. The number of benzene rings is 1. The van der Waals surface area contributed by atoms with Crippen molar-refractivity contribution in [1.82, 2.24) is 25.5 Å². The Balaban J connectivity index is 1.59. The van der Waals surface area contributed by atoms with Gasteiger partial charge in [-0.25, -0.2) is 4.39 Å². The fraction of sp³-hybridized carbons (Fsp3) is 0.500. The molecule has 0 bridgehead atoms. The van der Waals surface area contributed by atoms with E-state index in [-0.39, 0.29) is 23.5 Å². The molecule has 0 unspecified atom stereocenters. The average molecular weight is 349 g/mol. The molecule has 1 amide bonds. The highest BCUT2D eigenvalue weighted by Gasteiger charge is 2.23. The molecule has 0 spiro atoms. The average Bonchev–Trinajstić information content (AvgIpc) is 3.04. The van der Waals surface area contributed by atoms with Gasteiger partial charge >= 0.3 is 0 Å². The van der Waals surface area contributed by atoms with Crippen LogP contribution >= 0.6 is 11.8 Å². The standard InChI is InChI=1S/C16H20FN5OS/c1-11-5-2-3-8-14(11)18-15(23)10-24-16-19-20-21-22(16)13-7-4-6-12(17)9-13/h4,6-7,9,11,14H,2-3,5,8,10H2,1H3,(H,18,23)/t11-,14-/m1/s1. The maximum Gasteiger partial charge on any atom is 0.230 e. The summed E-state index contributed by atoms with van der Waals surface area (Å²) in [7, 11) is 0. The van der Waals surface area contributed by atoms with E-state index in [0.717, 1.165) is 12.8 Å². The molecule has 2 aromatic rings. The predicted octanol–water partition coefficient (Wildman–Crippen LogP) is 2.59. The lowest BCUT2D eigenvalue weighted by Gasteiger charge is -2.29. The van der Waals surface area contributed by atoms with Crippen molar-refractivity contribution in [2.24, 2.45) is 5.92 Å². The second-order valence-corrected chi connectivity index (χ2v) is 7.02. The van der Waals surface area contributed by atoms with E-state index in [1.54, 1.807) is 12.1 Å². The summed E-state index contributed by atoms with van der Waals surface area (Å²) in [6.45, 7) is 2.18. The summed E-state index contributed by atoms with van der Waals surface area (Å²) in [5.41, 5.74) is 0.531. The number of hydrogen-bond acceptors (Lipinski definition) is 5. The first-order valence-electron chi connectivity index (χ1n) is 8.10. The number of nitrogens with one attached hydrogen (secondary N) is 1. The van der Waals surface area contributed by atoms with Gasteiger partial charge in [-0.3, -0.25) is 4.79 Å². The van der Waals surface area contributed by atoms with Crippen molar-refractivity contribution in [3.05, 3.63) is 30.1 Å². The van der Waals surface area contributed by atoms with Gasteiger partial charge in [-0.2, -0.15) is 4.68 Å². The van der Waals surface area contributed by atoms with Gasteiger partial charge in [0, 0.05) is 6.04 Å². The Morgan fingerprint density at radius 3 is 3.04 bits per heavy atom. The highest BCUT2D eigenvalue weighted by molar-refractivity contribution is 7.99. The lowest BCUT2D eigenvalue weighted by Crippen LogP contribution is -2.41. The van der Waals surface area contributed by atoms with Gasteiger partial charge in [-0.05, 0) is 47.4 Å². The van der Waals surface area contributed by atoms with Crippen molar-refractivity contribution in [2.75, 3.05) is 5.75 Å². The second-order valence-electron chi connectivity index (χ2n) is 6.08. The number of hydrogen-bond donors (Lipinski definition) is 1. The zero-order valence-corrected chi connectivity index (χ0v) is 14.3. The fourth-order valence-electron chi connectivity index (χ4n) is 2.95. The van der Waals surface area contributed by atoms with Crippen molar-refractivity contribution >= 4 is 17.7 Å². The summed E-state index contributed by atoms with van der Waals surface area (Å²) < 4.78 is 14.8. The normalized spacial score (nSPS) is 20.8. The third-order valence-electron chi connectivity index (χ3n) is 4.28. The molecule has 1 saturated carbocycles. The second kappa shape index (κ2) is 7.74. The molecule has 8 heteroatoms. The zero-order chi connectivity index (χ0) is 16.9. The molecule has 1 aliphatic carbocycles. The highest BCUT2D eigenvalue weighted by atomic mass is 32.2. The van der Waals surface area contributed by atoms with Gasteiger partial charge in [0.05, 0.1) is 11.4 Å². The summed E-state index contributed by atoms with van der Waals surface area (Å²) in [5, 5.41) is 15.0. The monoisotopic (exact) mass is 349 g/mol. The number of rotatable bonds is 5. The fourth-order valence-corrected chi connectivity index (χ4v) is 3.65. The molecule has 3 rings (SSSR count). The number of amides is 1. The number of nitrogens with zero attached hydrogens (tertiary/aromatic N) is 4. The van der Waals surface area contributed by atoms with Crippen LogP contribution in [0.2, 0.25) is 0 Å². The van der Waals surface area contributed by atoms with Crippen molar-refractivity contribution in [3.8, 4) is 5.69 Å². The lowest BCUT2D eigenvalue weighted by molar-refractivity contribution is -0.119. The number of halogens is 1. The molecule has 6 nitrogen and oxygen atoms in total. The van der Waals surface area contributed by atoms with Gasteiger partial charge in [0.15, 0.2) is 0 Å². The molecule has 0 saturated heterocycles. The summed E-state index contributed by atoms with van der Waals surface area (Å²) in [5.74, 6) is 0.375. The first-order valence-corrected chi connectivity index (χ1v) is 9.08. The Hall–Kier alpha value is -1.96. The lowest BCUT2D eigenvalue weighted by atomic mass is 9.86. The van der Waals surface area contributed by atoms with E-state index in [4.69, 9.17) is 0 Å². The Labute approximate surface area is 144 Å². The topological polar surface area (TPSA) is 72.7 Å². The van der Waals surface area contributed by atoms with Gasteiger partial charge < -0.3 is 5.32 Å². The molecule has 1 aromatic heterocycles. The number of thioether (sulfide) groups is 1. The van der Waals surface area contributed by atoms with E-state index >= 15 is 0 Å². The molecular formula is C16H20FN5OS. The molecule has 1 aromatic carbocycles. The summed E-state index contributed by atoms with van der Waals surface area (Å²) in [6.07, 6.45) is 4.61. The number of carbonyl (C=O) groups is 1. The summed E-state index contributed by atoms with van der Waals surface area (Å²) >= 11 is 1.24. The molecule has 24 heavy (non-hydrogen) atoms. The SMILES string of the molecule is C[C@@H]1CCCC[C@H]1NC(=O)CSc1nnnn1-c1cccc(F)c1. The summed E-state index contributed by atoms with van der Waals surface area (Å²) in [6, 6.07) is 6.28. The smallest absolute Gasteiger partial charge is 0.230 e. The van der Waals surface area contributed by atoms with Crippen LogP contribution in [0.4, 0.5) is 4.39 Å². The van der Waals surface area contributed by atoms with Crippen molar-refractivity contribution < 1.29 is 9.18 Å². The molecule has 2 atom stereocenters.